The quantitative estimate of drug-likeness (QED) is 0.753. The Morgan fingerprint density at radius 3 is 2.43 bits per heavy atom. The molecule has 0 heterocycles. The van der Waals surface area contributed by atoms with Crippen molar-refractivity contribution in [2.45, 2.75) is 0 Å². The van der Waals surface area contributed by atoms with Crippen molar-refractivity contribution in [1.29, 1.82) is 0 Å². The largest absolute Gasteiger partial charge is 0.478 e. The Kier molecular flexibility index (Phi) is 4.35. The molecule has 0 aromatic heterocycles. The van der Waals surface area contributed by atoms with Crippen LogP contribution in [0.15, 0.2) is 36.4 Å². The van der Waals surface area contributed by atoms with Crippen molar-refractivity contribution < 1.29 is 14.7 Å². The van der Waals surface area contributed by atoms with Crippen LogP contribution in [0.1, 0.15) is 20.7 Å². The topological polar surface area (TPSA) is 92.4 Å². The fourth-order valence-corrected chi connectivity index (χ4v) is 2.09. The number of hydrogen-bond acceptors (Lipinski definition) is 3. The minimum absolute atomic E-state index is 0.0734. The summed E-state index contributed by atoms with van der Waals surface area (Å²) in [7, 11) is 0. The monoisotopic (exact) mass is 324 g/mol. The van der Waals surface area contributed by atoms with E-state index in [0.29, 0.717) is 10.7 Å². The summed E-state index contributed by atoms with van der Waals surface area (Å²) in [4.78, 5) is 23.3. The SMILES string of the molecule is Nc1ccc(C(=O)O)c(NC(=O)c2cc(Cl)ccc2Cl)c1. The smallest absolute Gasteiger partial charge is 0.337 e. The van der Waals surface area contributed by atoms with Crippen molar-refractivity contribution in [3.05, 3.63) is 57.6 Å². The summed E-state index contributed by atoms with van der Waals surface area (Å²) in [6, 6.07) is 8.53. The maximum atomic E-state index is 12.2. The van der Waals surface area contributed by atoms with Crippen LogP contribution in [0.25, 0.3) is 0 Å². The van der Waals surface area contributed by atoms with Gasteiger partial charge in [0.15, 0.2) is 0 Å². The molecular formula is C14H10Cl2N2O3. The van der Waals surface area contributed by atoms with Gasteiger partial charge in [0.05, 0.1) is 21.8 Å². The van der Waals surface area contributed by atoms with Crippen LogP contribution in [0.2, 0.25) is 10.0 Å². The van der Waals surface area contributed by atoms with E-state index in [4.69, 9.17) is 34.0 Å². The fraction of sp³-hybridized carbons (Fsp3) is 0. The number of nitrogens with two attached hydrogens (primary N) is 1. The van der Waals surface area contributed by atoms with E-state index < -0.39 is 11.9 Å². The zero-order chi connectivity index (χ0) is 15.6. The summed E-state index contributed by atoms with van der Waals surface area (Å²) in [5, 5.41) is 12.1. The first-order valence-corrected chi connectivity index (χ1v) is 6.53. The number of nitrogens with one attached hydrogen (secondary N) is 1. The van der Waals surface area contributed by atoms with E-state index in [1.807, 2.05) is 0 Å². The lowest BCUT2D eigenvalue weighted by molar-refractivity contribution is 0.0698. The van der Waals surface area contributed by atoms with Gasteiger partial charge in [-0.1, -0.05) is 23.2 Å². The Hall–Kier alpha value is -2.24. The van der Waals surface area contributed by atoms with E-state index in [1.54, 1.807) is 6.07 Å². The predicted molar refractivity (Wildman–Crippen MR) is 82.2 cm³/mol. The van der Waals surface area contributed by atoms with Gasteiger partial charge in [0.1, 0.15) is 0 Å². The molecule has 21 heavy (non-hydrogen) atoms. The second-order valence-corrected chi connectivity index (χ2v) is 5.03. The minimum Gasteiger partial charge on any atom is -0.478 e. The number of nitrogen functional groups attached to an aromatic ring is 1. The van der Waals surface area contributed by atoms with Crippen molar-refractivity contribution in [1.82, 2.24) is 0 Å². The number of aromatic carboxylic acids is 1. The predicted octanol–water partition coefficient (Wildman–Crippen LogP) is 3.53. The zero-order valence-electron chi connectivity index (χ0n) is 10.6. The molecule has 7 heteroatoms. The lowest BCUT2D eigenvalue weighted by atomic mass is 10.1. The molecular weight excluding hydrogens is 315 g/mol. The lowest BCUT2D eigenvalue weighted by Gasteiger charge is -2.10. The van der Waals surface area contributed by atoms with E-state index in [-0.39, 0.29) is 21.8 Å². The molecule has 0 aliphatic carbocycles. The van der Waals surface area contributed by atoms with E-state index in [9.17, 15) is 9.59 Å². The number of carboxylic acid groups (broad SMARTS) is 1. The summed E-state index contributed by atoms with van der Waals surface area (Å²) in [6.07, 6.45) is 0. The molecule has 1 amide bonds. The number of halogens is 2. The Bertz CT molecular complexity index is 732. The molecule has 2 rings (SSSR count). The third-order valence-corrected chi connectivity index (χ3v) is 3.26. The van der Waals surface area contributed by atoms with Crippen LogP contribution in [0, 0.1) is 0 Å². The van der Waals surface area contributed by atoms with Gasteiger partial charge in [-0.25, -0.2) is 4.79 Å². The first-order chi connectivity index (χ1) is 9.88. The third-order valence-electron chi connectivity index (χ3n) is 2.70. The molecule has 0 atom stereocenters. The highest BCUT2D eigenvalue weighted by atomic mass is 35.5. The van der Waals surface area contributed by atoms with Crippen molar-refractivity contribution in [3.63, 3.8) is 0 Å². The Morgan fingerprint density at radius 1 is 1.05 bits per heavy atom. The van der Waals surface area contributed by atoms with Crippen molar-refractivity contribution >= 4 is 46.5 Å². The van der Waals surface area contributed by atoms with Crippen molar-refractivity contribution in [2.24, 2.45) is 0 Å². The van der Waals surface area contributed by atoms with E-state index in [0.717, 1.165) is 0 Å². The van der Waals surface area contributed by atoms with Gasteiger partial charge in [0.2, 0.25) is 0 Å². The van der Waals surface area contributed by atoms with E-state index in [2.05, 4.69) is 5.32 Å². The minimum atomic E-state index is -1.18. The van der Waals surface area contributed by atoms with Crippen LogP contribution in [0.3, 0.4) is 0 Å². The van der Waals surface area contributed by atoms with Crippen molar-refractivity contribution in [2.75, 3.05) is 11.1 Å². The molecule has 0 radical (unpaired) electrons. The number of amides is 1. The first-order valence-electron chi connectivity index (χ1n) is 5.77. The van der Waals surface area contributed by atoms with Crippen molar-refractivity contribution in [3.8, 4) is 0 Å². The van der Waals surface area contributed by atoms with Gasteiger partial charge in [0, 0.05) is 10.7 Å². The molecule has 4 N–H and O–H groups in total. The maximum absolute atomic E-state index is 12.2. The number of anilines is 2. The maximum Gasteiger partial charge on any atom is 0.337 e. The molecule has 5 nitrogen and oxygen atoms in total. The molecule has 0 aliphatic rings. The van der Waals surface area contributed by atoms with Gasteiger partial charge in [-0.05, 0) is 36.4 Å². The highest BCUT2D eigenvalue weighted by Gasteiger charge is 2.16. The number of carbonyl (C=O) groups is 2. The third kappa shape index (κ3) is 3.45. The lowest BCUT2D eigenvalue weighted by Crippen LogP contribution is -2.15. The van der Waals surface area contributed by atoms with Gasteiger partial charge >= 0.3 is 5.97 Å². The van der Waals surface area contributed by atoms with Gasteiger partial charge in [-0.2, -0.15) is 0 Å². The van der Waals surface area contributed by atoms with Crippen LogP contribution in [0.5, 0.6) is 0 Å². The van der Waals surface area contributed by atoms with Gasteiger partial charge in [-0.15, -0.1) is 0 Å². The van der Waals surface area contributed by atoms with Gasteiger partial charge in [-0.3, -0.25) is 4.79 Å². The molecule has 0 saturated carbocycles. The Balaban J connectivity index is 2.38. The molecule has 0 spiro atoms. The van der Waals surface area contributed by atoms with Crippen LogP contribution in [-0.2, 0) is 0 Å². The second kappa shape index (κ2) is 6.03. The number of benzene rings is 2. The number of hydrogen-bond donors (Lipinski definition) is 3. The molecule has 0 aliphatic heterocycles. The van der Waals surface area contributed by atoms with Crippen LogP contribution < -0.4 is 11.1 Å². The average Bonchev–Trinajstić information content (AvgIpc) is 2.41. The van der Waals surface area contributed by atoms with Gasteiger partial charge in [0.25, 0.3) is 5.91 Å². The molecule has 0 saturated heterocycles. The molecule has 0 fully saturated rings. The fourth-order valence-electron chi connectivity index (χ4n) is 1.71. The number of carbonyl (C=O) groups excluding carboxylic acids is 1. The van der Waals surface area contributed by atoms with E-state index in [1.165, 1.54) is 30.3 Å². The molecule has 108 valence electrons. The summed E-state index contributed by atoms with van der Waals surface area (Å²) < 4.78 is 0. The van der Waals surface area contributed by atoms with Gasteiger partial charge < -0.3 is 16.2 Å². The number of carboxylic acids is 1. The average molecular weight is 325 g/mol. The normalized spacial score (nSPS) is 10.2. The molecule has 2 aromatic carbocycles. The zero-order valence-corrected chi connectivity index (χ0v) is 12.1. The molecule has 0 bridgehead atoms. The second-order valence-electron chi connectivity index (χ2n) is 4.19. The van der Waals surface area contributed by atoms with Crippen LogP contribution in [0.4, 0.5) is 11.4 Å². The standard InChI is InChI=1S/C14H10Cl2N2O3/c15-7-1-4-11(16)10(5-7)13(19)18-12-6-8(17)2-3-9(12)14(20)21/h1-6H,17H2,(H,18,19)(H,20,21). The van der Waals surface area contributed by atoms with E-state index >= 15 is 0 Å². The summed E-state index contributed by atoms with van der Waals surface area (Å²) >= 11 is 11.7. The highest BCUT2D eigenvalue weighted by Crippen LogP contribution is 2.24. The summed E-state index contributed by atoms with van der Waals surface area (Å²) in [6.45, 7) is 0. The first kappa shape index (κ1) is 15.2. The van der Waals surface area contributed by atoms with Crippen LogP contribution >= 0.6 is 23.2 Å². The summed E-state index contributed by atoms with van der Waals surface area (Å²) in [5.74, 6) is -1.75. The Morgan fingerprint density at radius 2 is 1.76 bits per heavy atom. The summed E-state index contributed by atoms with van der Waals surface area (Å²) in [5.41, 5.74) is 6.09. The highest BCUT2D eigenvalue weighted by molar-refractivity contribution is 6.36. The molecule has 2 aromatic rings. The molecule has 0 unspecified atom stereocenters. The number of rotatable bonds is 3. The Labute approximate surface area is 130 Å². The van der Waals surface area contributed by atoms with Crippen LogP contribution in [-0.4, -0.2) is 17.0 Å².